The summed E-state index contributed by atoms with van der Waals surface area (Å²) in [7, 11) is 1.29. The van der Waals surface area contributed by atoms with E-state index >= 15 is 0 Å². The van der Waals surface area contributed by atoms with Crippen molar-refractivity contribution in [3.05, 3.63) is 56.8 Å². The molecule has 2 aliphatic heterocycles. The van der Waals surface area contributed by atoms with E-state index in [0.29, 0.717) is 19.1 Å². The van der Waals surface area contributed by atoms with Crippen molar-refractivity contribution in [2.75, 3.05) is 26.2 Å². The van der Waals surface area contributed by atoms with E-state index in [0.717, 1.165) is 35.2 Å². The van der Waals surface area contributed by atoms with Gasteiger partial charge in [-0.2, -0.15) is 14.8 Å². The van der Waals surface area contributed by atoms with Gasteiger partial charge in [-0.05, 0) is 63.0 Å². The van der Waals surface area contributed by atoms with Crippen LogP contribution in [0.4, 0.5) is 4.39 Å². The van der Waals surface area contributed by atoms with Gasteiger partial charge < -0.3 is 14.3 Å². The molecule has 4 heterocycles. The Kier molecular flexibility index (Phi) is 6.29. The average molecular weight is 484 g/mol. The first-order valence-electron chi connectivity index (χ1n) is 11.8. The zero-order valence-electron chi connectivity index (χ0n) is 19.4. The zero-order valence-corrected chi connectivity index (χ0v) is 19.4. The third-order valence-electron chi connectivity index (χ3n) is 6.73. The van der Waals surface area contributed by atoms with Crippen LogP contribution in [-0.4, -0.2) is 72.4 Å². The third-order valence-corrected chi connectivity index (χ3v) is 6.73. The zero-order chi connectivity index (χ0) is 24.5. The number of piperidine rings is 2. The Balaban J connectivity index is 1.36. The number of carbonyl (C=O) groups excluding carboxylic acids is 1. The summed E-state index contributed by atoms with van der Waals surface area (Å²) in [5.41, 5.74) is -1.47. The summed E-state index contributed by atoms with van der Waals surface area (Å²) in [5, 5.41) is 7.86. The lowest BCUT2D eigenvalue weighted by atomic mass is 10.00. The predicted octanol–water partition coefficient (Wildman–Crippen LogP) is 1.21. The van der Waals surface area contributed by atoms with E-state index in [1.807, 2.05) is 0 Å². The minimum absolute atomic E-state index is 0.201. The van der Waals surface area contributed by atoms with Gasteiger partial charge in [0, 0.05) is 26.2 Å². The molecule has 2 fully saturated rings. The molecule has 0 unspecified atom stereocenters. The molecule has 35 heavy (non-hydrogen) atoms. The summed E-state index contributed by atoms with van der Waals surface area (Å²) in [5.74, 6) is -1.31. The van der Waals surface area contributed by atoms with Gasteiger partial charge in [-0.1, -0.05) is 11.6 Å². The molecular formula is C23H26FN7O4. The highest BCUT2D eigenvalue weighted by molar-refractivity contribution is 5.90. The second kappa shape index (κ2) is 9.53. The lowest BCUT2D eigenvalue weighted by molar-refractivity contribution is 0.0547. The van der Waals surface area contributed by atoms with Gasteiger partial charge in [0.1, 0.15) is 5.82 Å². The average Bonchev–Trinajstić information content (AvgIpc) is 3.38. The molecule has 184 valence electrons. The van der Waals surface area contributed by atoms with E-state index in [2.05, 4.69) is 20.1 Å². The van der Waals surface area contributed by atoms with Crippen LogP contribution >= 0.6 is 0 Å². The Morgan fingerprint density at radius 1 is 1.03 bits per heavy atom. The lowest BCUT2D eigenvalue weighted by Gasteiger charge is -2.39. The van der Waals surface area contributed by atoms with Crippen LogP contribution in [0.5, 0.6) is 0 Å². The van der Waals surface area contributed by atoms with Crippen LogP contribution in [0.2, 0.25) is 0 Å². The van der Waals surface area contributed by atoms with E-state index in [1.165, 1.54) is 50.6 Å². The number of rotatable bonds is 4. The van der Waals surface area contributed by atoms with E-state index in [4.69, 9.17) is 4.52 Å². The molecule has 2 aliphatic rings. The first-order valence-corrected chi connectivity index (χ1v) is 11.8. The van der Waals surface area contributed by atoms with Crippen molar-refractivity contribution >= 4 is 5.91 Å². The number of likely N-dealkylation sites (tertiary alicyclic amines) is 2. The monoisotopic (exact) mass is 483 g/mol. The van der Waals surface area contributed by atoms with Crippen LogP contribution in [0.15, 0.2) is 38.4 Å². The number of hydrogen-bond acceptors (Lipinski definition) is 8. The molecule has 5 rings (SSSR count). The fraction of sp³-hybridized carbons (Fsp3) is 0.478. The van der Waals surface area contributed by atoms with Crippen LogP contribution in [0.25, 0.3) is 17.2 Å². The molecule has 0 bridgehead atoms. The number of benzene rings is 1. The summed E-state index contributed by atoms with van der Waals surface area (Å²) in [6.45, 7) is 3.42. The summed E-state index contributed by atoms with van der Waals surface area (Å²) in [4.78, 5) is 46.6. The van der Waals surface area contributed by atoms with E-state index in [-0.39, 0.29) is 23.1 Å². The highest BCUT2D eigenvalue weighted by Gasteiger charge is 2.31. The molecule has 1 amide bonds. The first-order chi connectivity index (χ1) is 16.9. The summed E-state index contributed by atoms with van der Waals surface area (Å²) in [6.07, 6.45) is 5.51. The Morgan fingerprint density at radius 2 is 1.71 bits per heavy atom. The molecule has 0 N–H and O–H groups in total. The highest BCUT2D eigenvalue weighted by atomic mass is 19.1. The molecule has 0 radical (unpaired) electrons. The van der Waals surface area contributed by atoms with Gasteiger partial charge in [0.25, 0.3) is 5.56 Å². The number of hydrogen-bond donors (Lipinski definition) is 0. The van der Waals surface area contributed by atoms with Crippen molar-refractivity contribution in [2.45, 2.75) is 38.1 Å². The van der Waals surface area contributed by atoms with Gasteiger partial charge in [0.15, 0.2) is 5.69 Å². The summed E-state index contributed by atoms with van der Waals surface area (Å²) >= 11 is 0. The molecule has 3 aromatic rings. The first kappa shape index (κ1) is 23.1. The van der Waals surface area contributed by atoms with Gasteiger partial charge in [-0.15, -0.1) is 0 Å². The fourth-order valence-corrected chi connectivity index (χ4v) is 4.72. The molecule has 11 nitrogen and oxygen atoms in total. The summed E-state index contributed by atoms with van der Waals surface area (Å²) < 4.78 is 20.3. The van der Waals surface area contributed by atoms with Crippen molar-refractivity contribution in [1.82, 2.24) is 34.3 Å². The number of carbonyl (C=O) groups is 1. The highest BCUT2D eigenvalue weighted by Crippen LogP contribution is 2.22. The Hall–Kier alpha value is -3.67. The third kappa shape index (κ3) is 4.53. The van der Waals surface area contributed by atoms with Crippen molar-refractivity contribution in [1.29, 1.82) is 0 Å². The van der Waals surface area contributed by atoms with Gasteiger partial charge in [-0.3, -0.25) is 14.2 Å². The summed E-state index contributed by atoms with van der Waals surface area (Å²) in [6, 6.07) is 5.55. The minimum atomic E-state index is -0.740. The topological polar surface area (TPSA) is 119 Å². The number of aromatic nitrogens is 5. The van der Waals surface area contributed by atoms with Crippen molar-refractivity contribution in [2.24, 2.45) is 7.05 Å². The molecule has 0 spiro atoms. The van der Waals surface area contributed by atoms with E-state index in [1.54, 1.807) is 4.90 Å². The van der Waals surface area contributed by atoms with Crippen LogP contribution in [0, 0.1) is 5.82 Å². The molecule has 2 saturated heterocycles. The largest absolute Gasteiger partial charge is 0.351 e. The standard InChI is InChI=1S/C23H26FN7O4/c1-28-21(32)18(26-31(23(28)34)17-7-5-15(24)6-8-17)19-25-20(35-27-19)22(33)30-13-9-16(10-14-30)29-11-3-2-4-12-29/h5-8,16H,2-4,9-14H2,1H3. The van der Waals surface area contributed by atoms with Crippen LogP contribution in [-0.2, 0) is 7.05 Å². The molecule has 1 aromatic carbocycles. The Bertz CT molecular complexity index is 1330. The Morgan fingerprint density at radius 3 is 2.40 bits per heavy atom. The quantitative estimate of drug-likeness (QED) is 0.543. The molecule has 12 heteroatoms. The second-order valence-electron chi connectivity index (χ2n) is 8.93. The van der Waals surface area contributed by atoms with Crippen LogP contribution in [0.3, 0.4) is 0 Å². The number of halogens is 1. The second-order valence-corrected chi connectivity index (χ2v) is 8.93. The van der Waals surface area contributed by atoms with Gasteiger partial charge >= 0.3 is 17.5 Å². The molecular weight excluding hydrogens is 457 g/mol. The maximum Gasteiger partial charge on any atom is 0.351 e. The fourth-order valence-electron chi connectivity index (χ4n) is 4.72. The van der Waals surface area contributed by atoms with Crippen molar-refractivity contribution in [3.8, 4) is 17.2 Å². The normalized spacial score (nSPS) is 17.6. The molecule has 0 atom stereocenters. The van der Waals surface area contributed by atoms with Gasteiger partial charge in [-0.25, -0.2) is 9.18 Å². The molecule has 0 aliphatic carbocycles. The smallest absolute Gasteiger partial charge is 0.334 e. The van der Waals surface area contributed by atoms with Crippen LogP contribution < -0.4 is 11.2 Å². The maximum absolute atomic E-state index is 13.3. The maximum atomic E-state index is 13.3. The van der Waals surface area contributed by atoms with Crippen molar-refractivity contribution in [3.63, 3.8) is 0 Å². The SMILES string of the molecule is Cn1c(=O)c(-c2noc(C(=O)N3CCC(N4CCCCC4)CC3)n2)nn(-c2ccc(F)cc2)c1=O. The number of nitrogens with zero attached hydrogens (tertiary/aromatic N) is 7. The minimum Gasteiger partial charge on any atom is -0.334 e. The van der Waals surface area contributed by atoms with Crippen molar-refractivity contribution < 1.29 is 13.7 Å². The van der Waals surface area contributed by atoms with Gasteiger partial charge in [0.05, 0.1) is 5.69 Å². The predicted molar refractivity (Wildman–Crippen MR) is 123 cm³/mol. The Labute approximate surface area is 199 Å². The molecule has 0 saturated carbocycles. The van der Waals surface area contributed by atoms with E-state index in [9.17, 15) is 18.8 Å². The lowest BCUT2D eigenvalue weighted by Crippen LogP contribution is -2.48. The van der Waals surface area contributed by atoms with E-state index < -0.39 is 23.0 Å². The molecule has 2 aromatic heterocycles. The number of amides is 1. The van der Waals surface area contributed by atoms with Crippen LogP contribution in [0.1, 0.15) is 42.8 Å². The van der Waals surface area contributed by atoms with Gasteiger partial charge in [0.2, 0.25) is 5.82 Å².